The molecule has 0 saturated carbocycles. The number of amides is 1. The van der Waals surface area contributed by atoms with Gasteiger partial charge in [-0.1, -0.05) is 17.8 Å². The van der Waals surface area contributed by atoms with Crippen LogP contribution in [0.5, 0.6) is 0 Å². The number of hydrogen-bond acceptors (Lipinski definition) is 7. The Labute approximate surface area is 162 Å². The minimum atomic E-state index is -0.406. The molecule has 9 heteroatoms. The molecule has 3 rings (SSSR count). The highest BCUT2D eigenvalue weighted by molar-refractivity contribution is 8.00. The maximum atomic E-state index is 12.6. The fraction of sp³-hybridized carbons (Fsp3) is 0.294. The zero-order chi connectivity index (χ0) is 18.7. The number of carbonyl (C=O) groups is 1. The molecule has 6 nitrogen and oxygen atoms in total. The number of nitrogens with one attached hydrogen (secondary N) is 1. The van der Waals surface area contributed by atoms with E-state index in [1.54, 1.807) is 25.3 Å². The van der Waals surface area contributed by atoms with Gasteiger partial charge in [-0.2, -0.15) is 5.26 Å². The van der Waals surface area contributed by atoms with Crippen LogP contribution in [0, 0.1) is 11.3 Å². The molecule has 26 heavy (non-hydrogen) atoms. The first-order chi connectivity index (χ1) is 12.5. The predicted molar refractivity (Wildman–Crippen MR) is 107 cm³/mol. The van der Waals surface area contributed by atoms with Crippen molar-refractivity contribution in [3.63, 3.8) is 0 Å². The zero-order valence-electron chi connectivity index (χ0n) is 14.2. The molecule has 1 N–H and O–H groups in total. The lowest BCUT2D eigenvalue weighted by atomic mass is 10.2. The molecule has 0 unspecified atom stereocenters. The Kier molecular flexibility index (Phi) is 5.76. The second-order valence-electron chi connectivity index (χ2n) is 5.61. The highest BCUT2D eigenvalue weighted by Crippen LogP contribution is 2.34. The Balaban J connectivity index is 1.83. The second kappa shape index (κ2) is 8.03. The first kappa shape index (κ1) is 18.6. The lowest BCUT2D eigenvalue weighted by Gasteiger charge is -2.19. The van der Waals surface area contributed by atoms with E-state index in [0.717, 1.165) is 10.4 Å². The van der Waals surface area contributed by atoms with Gasteiger partial charge in [-0.15, -0.1) is 22.7 Å². The summed E-state index contributed by atoms with van der Waals surface area (Å²) < 4.78 is 0. The molecule has 3 aromatic heterocycles. The third kappa shape index (κ3) is 3.82. The third-order valence-corrected chi connectivity index (χ3v) is 6.53. The average Bonchev–Trinajstić information content (AvgIpc) is 3.28. The fourth-order valence-corrected chi connectivity index (χ4v) is 5.19. The molecule has 0 radical (unpaired) electrons. The molecule has 0 aliphatic rings. The summed E-state index contributed by atoms with van der Waals surface area (Å²) in [6, 6.07) is 5.95. The van der Waals surface area contributed by atoms with Gasteiger partial charge in [0.1, 0.15) is 4.83 Å². The lowest BCUT2D eigenvalue weighted by molar-refractivity contribution is -0.128. The largest absolute Gasteiger partial charge is 0.344 e. The molecule has 3 heterocycles. The summed E-state index contributed by atoms with van der Waals surface area (Å²) >= 11 is 4.22. The molecule has 0 aliphatic heterocycles. The number of thioether (sulfide) groups is 1. The summed E-state index contributed by atoms with van der Waals surface area (Å²) in [6.45, 7) is 2.16. The van der Waals surface area contributed by atoms with Crippen LogP contribution in [0.1, 0.15) is 13.3 Å². The van der Waals surface area contributed by atoms with Gasteiger partial charge in [-0.3, -0.25) is 9.59 Å². The Bertz CT molecular complexity index is 1020. The molecule has 134 valence electrons. The van der Waals surface area contributed by atoms with E-state index in [2.05, 4.69) is 9.97 Å². The highest BCUT2D eigenvalue weighted by atomic mass is 32.2. The summed E-state index contributed by atoms with van der Waals surface area (Å²) in [5, 5.41) is 13.2. The van der Waals surface area contributed by atoms with Gasteiger partial charge >= 0.3 is 0 Å². The predicted octanol–water partition coefficient (Wildman–Crippen LogP) is 3.57. The van der Waals surface area contributed by atoms with E-state index in [0.29, 0.717) is 28.3 Å². The van der Waals surface area contributed by atoms with Crippen molar-refractivity contribution < 1.29 is 4.79 Å². The van der Waals surface area contributed by atoms with Crippen molar-refractivity contribution in [1.82, 2.24) is 14.9 Å². The van der Waals surface area contributed by atoms with Gasteiger partial charge in [0.2, 0.25) is 5.91 Å². The molecule has 0 fully saturated rings. The van der Waals surface area contributed by atoms with Crippen LogP contribution < -0.4 is 5.56 Å². The number of thiophene rings is 2. The number of carbonyl (C=O) groups excluding carboxylic acids is 1. The van der Waals surface area contributed by atoms with E-state index in [1.165, 1.54) is 28.0 Å². The third-order valence-electron chi connectivity index (χ3n) is 3.78. The maximum absolute atomic E-state index is 12.6. The van der Waals surface area contributed by atoms with Crippen LogP contribution in [0.15, 0.2) is 32.8 Å². The number of hydrogen-bond donors (Lipinski definition) is 1. The van der Waals surface area contributed by atoms with Gasteiger partial charge in [0.15, 0.2) is 5.16 Å². The van der Waals surface area contributed by atoms with Crippen LogP contribution in [0.25, 0.3) is 20.7 Å². The van der Waals surface area contributed by atoms with E-state index in [1.807, 2.05) is 29.0 Å². The SMILES string of the molecule is C[C@@H](Sc1nc2scc(-c3cccs3)c2c(=O)[nH]1)C(=O)N(C)CCC#N. The van der Waals surface area contributed by atoms with Crippen molar-refractivity contribution in [1.29, 1.82) is 5.26 Å². The summed E-state index contributed by atoms with van der Waals surface area (Å²) in [6.07, 6.45) is 0.293. The van der Waals surface area contributed by atoms with E-state index in [9.17, 15) is 9.59 Å². The molecule has 0 saturated heterocycles. The summed E-state index contributed by atoms with van der Waals surface area (Å²) in [5.74, 6) is -0.0987. The van der Waals surface area contributed by atoms with Crippen LogP contribution >= 0.6 is 34.4 Å². The van der Waals surface area contributed by atoms with Crippen molar-refractivity contribution in [2.45, 2.75) is 23.8 Å². The molecular formula is C17H16N4O2S3. The van der Waals surface area contributed by atoms with Crippen molar-refractivity contribution >= 4 is 50.6 Å². The lowest BCUT2D eigenvalue weighted by Crippen LogP contribution is -2.34. The van der Waals surface area contributed by atoms with Gasteiger partial charge in [-0.25, -0.2) is 4.98 Å². The minimum Gasteiger partial charge on any atom is -0.344 e. The molecule has 1 amide bonds. The van der Waals surface area contributed by atoms with Crippen LogP contribution in [-0.4, -0.2) is 39.6 Å². The van der Waals surface area contributed by atoms with Gasteiger partial charge in [0, 0.05) is 29.4 Å². The van der Waals surface area contributed by atoms with Gasteiger partial charge < -0.3 is 9.88 Å². The van der Waals surface area contributed by atoms with Crippen molar-refractivity contribution in [3.05, 3.63) is 33.2 Å². The summed E-state index contributed by atoms with van der Waals surface area (Å²) in [5.41, 5.74) is 0.699. The first-order valence-electron chi connectivity index (χ1n) is 7.85. The second-order valence-corrected chi connectivity index (χ2v) is 8.74. The number of nitrogens with zero attached hydrogens (tertiary/aromatic N) is 3. The average molecular weight is 405 g/mol. The zero-order valence-corrected chi connectivity index (χ0v) is 16.6. The normalized spacial score (nSPS) is 12.0. The van der Waals surface area contributed by atoms with Gasteiger partial charge in [-0.05, 0) is 18.4 Å². The Morgan fingerprint density at radius 1 is 1.50 bits per heavy atom. The standard InChI is InChI=1S/C17H16N4O2S3/c1-10(16(23)21(2)7-4-6-18)26-17-19-14(22)13-11(9-25-15(13)20-17)12-5-3-8-24-12/h3,5,8-10H,4,7H2,1-2H3,(H,19,20,22)/t10-/m1/s1. The van der Waals surface area contributed by atoms with Gasteiger partial charge in [0.05, 0.1) is 23.1 Å². The van der Waals surface area contributed by atoms with Crippen LogP contribution in [-0.2, 0) is 4.79 Å². The molecule has 0 aromatic carbocycles. The smallest absolute Gasteiger partial charge is 0.260 e. The van der Waals surface area contributed by atoms with E-state index < -0.39 is 5.25 Å². The highest BCUT2D eigenvalue weighted by Gasteiger charge is 2.21. The summed E-state index contributed by atoms with van der Waals surface area (Å²) in [7, 11) is 1.67. The summed E-state index contributed by atoms with van der Waals surface area (Å²) in [4.78, 5) is 35.4. The van der Waals surface area contributed by atoms with Crippen molar-refractivity contribution in [2.24, 2.45) is 0 Å². The van der Waals surface area contributed by atoms with Crippen LogP contribution in [0.2, 0.25) is 0 Å². The number of aromatic amines is 1. The molecule has 1 atom stereocenters. The van der Waals surface area contributed by atoms with E-state index in [-0.39, 0.29) is 11.5 Å². The van der Waals surface area contributed by atoms with Crippen LogP contribution in [0.4, 0.5) is 0 Å². The van der Waals surface area contributed by atoms with Gasteiger partial charge in [0.25, 0.3) is 5.56 Å². The molecule has 0 spiro atoms. The van der Waals surface area contributed by atoms with Crippen molar-refractivity contribution in [3.8, 4) is 16.5 Å². The molecule has 0 bridgehead atoms. The number of aromatic nitrogens is 2. The number of nitriles is 1. The molecule has 3 aromatic rings. The monoisotopic (exact) mass is 404 g/mol. The Hall–Kier alpha value is -2.15. The van der Waals surface area contributed by atoms with E-state index in [4.69, 9.17) is 5.26 Å². The van der Waals surface area contributed by atoms with E-state index >= 15 is 0 Å². The first-order valence-corrected chi connectivity index (χ1v) is 10.5. The quantitative estimate of drug-likeness (QED) is 0.501. The Morgan fingerprint density at radius 3 is 3.00 bits per heavy atom. The number of fused-ring (bicyclic) bond motifs is 1. The number of rotatable bonds is 6. The molecule has 0 aliphatic carbocycles. The Morgan fingerprint density at radius 2 is 2.31 bits per heavy atom. The van der Waals surface area contributed by atoms with Crippen LogP contribution in [0.3, 0.4) is 0 Å². The molecular weight excluding hydrogens is 388 g/mol. The van der Waals surface area contributed by atoms with Crippen molar-refractivity contribution in [2.75, 3.05) is 13.6 Å². The maximum Gasteiger partial charge on any atom is 0.260 e. The topological polar surface area (TPSA) is 89.8 Å². The minimum absolute atomic E-state index is 0.0987. The number of H-pyrrole nitrogens is 1. The fourth-order valence-electron chi connectivity index (χ4n) is 2.45.